The Balaban J connectivity index is 2.75. The Morgan fingerprint density at radius 1 is 1.16 bits per heavy atom. The third-order valence-electron chi connectivity index (χ3n) is 3.80. The summed E-state index contributed by atoms with van der Waals surface area (Å²) >= 11 is 0. The molecule has 0 fully saturated rings. The molecule has 0 aliphatic rings. The Labute approximate surface area is 117 Å². The lowest BCUT2D eigenvalue weighted by molar-refractivity contribution is 0.128. The number of aliphatic hydroxyl groups is 1. The lowest BCUT2D eigenvalue weighted by Gasteiger charge is -2.23. The Morgan fingerprint density at radius 2 is 1.74 bits per heavy atom. The minimum Gasteiger partial charge on any atom is -0.387 e. The third-order valence-corrected chi connectivity index (χ3v) is 3.80. The van der Waals surface area contributed by atoms with Gasteiger partial charge in [-0.3, -0.25) is 0 Å². The predicted octanol–water partition coefficient (Wildman–Crippen LogP) is 3.79. The molecule has 0 saturated carbocycles. The number of rotatable bonds is 8. The normalized spacial score (nSPS) is 15.8. The molecular formula is C17H27NO. The molecule has 1 aromatic carbocycles. The van der Waals surface area contributed by atoms with E-state index in [4.69, 9.17) is 0 Å². The maximum atomic E-state index is 10.4. The van der Waals surface area contributed by atoms with E-state index >= 15 is 0 Å². The average Bonchev–Trinajstić information content (AvgIpc) is 2.47. The molecule has 3 atom stereocenters. The van der Waals surface area contributed by atoms with Gasteiger partial charge in [0.05, 0.1) is 6.10 Å². The number of benzene rings is 1. The molecular weight excluding hydrogens is 234 g/mol. The highest BCUT2D eigenvalue weighted by molar-refractivity contribution is 5.27. The van der Waals surface area contributed by atoms with E-state index in [1.807, 2.05) is 18.2 Å². The van der Waals surface area contributed by atoms with Crippen molar-refractivity contribution >= 4 is 0 Å². The minimum atomic E-state index is -0.462. The van der Waals surface area contributed by atoms with Crippen molar-refractivity contribution in [1.29, 1.82) is 0 Å². The molecule has 106 valence electrons. The summed E-state index contributed by atoms with van der Waals surface area (Å²) in [5, 5.41) is 13.7. The van der Waals surface area contributed by atoms with Crippen molar-refractivity contribution in [3.05, 3.63) is 48.0 Å². The minimum absolute atomic E-state index is 0.0763. The quantitative estimate of drug-likeness (QED) is 0.698. The molecule has 0 aliphatic heterocycles. The summed E-state index contributed by atoms with van der Waals surface area (Å²) in [5.41, 5.74) is 2.32. The van der Waals surface area contributed by atoms with Crippen LogP contribution in [-0.2, 0) is 0 Å². The van der Waals surface area contributed by atoms with Crippen LogP contribution >= 0.6 is 0 Å². The molecule has 19 heavy (non-hydrogen) atoms. The zero-order valence-electron chi connectivity index (χ0n) is 12.4. The number of hydrogen-bond acceptors (Lipinski definition) is 2. The van der Waals surface area contributed by atoms with Crippen LogP contribution in [0.1, 0.15) is 56.8 Å². The average molecular weight is 261 g/mol. The van der Waals surface area contributed by atoms with E-state index < -0.39 is 6.10 Å². The molecule has 0 saturated heterocycles. The highest BCUT2D eigenvalue weighted by atomic mass is 16.3. The van der Waals surface area contributed by atoms with Gasteiger partial charge in [0.1, 0.15) is 0 Å². The van der Waals surface area contributed by atoms with Crippen LogP contribution in [0, 0.1) is 0 Å². The second-order valence-electron chi connectivity index (χ2n) is 5.13. The van der Waals surface area contributed by atoms with Gasteiger partial charge in [-0.05, 0) is 29.9 Å². The summed E-state index contributed by atoms with van der Waals surface area (Å²) in [6.07, 6.45) is 3.39. The molecule has 0 bridgehead atoms. The van der Waals surface area contributed by atoms with Crippen LogP contribution in [0.2, 0.25) is 0 Å². The fourth-order valence-corrected chi connectivity index (χ4v) is 2.20. The summed E-state index contributed by atoms with van der Waals surface area (Å²) in [6.45, 7) is 10.9. The maximum Gasteiger partial charge on any atom is 0.0942 e. The Hall–Kier alpha value is -1.12. The second kappa shape index (κ2) is 8.13. The largest absolute Gasteiger partial charge is 0.387 e. The molecule has 1 aromatic rings. The predicted molar refractivity (Wildman–Crippen MR) is 82.4 cm³/mol. The van der Waals surface area contributed by atoms with Crippen LogP contribution < -0.4 is 5.32 Å². The van der Waals surface area contributed by atoms with Crippen molar-refractivity contribution in [1.82, 2.24) is 5.32 Å². The van der Waals surface area contributed by atoms with E-state index in [-0.39, 0.29) is 6.04 Å². The van der Waals surface area contributed by atoms with Crippen LogP contribution in [0.3, 0.4) is 0 Å². The first-order valence-electron chi connectivity index (χ1n) is 7.26. The summed E-state index contributed by atoms with van der Waals surface area (Å²) in [5.74, 6) is 0.576. The van der Waals surface area contributed by atoms with Gasteiger partial charge in [-0.2, -0.15) is 0 Å². The Morgan fingerprint density at radius 3 is 2.21 bits per heavy atom. The zero-order valence-corrected chi connectivity index (χ0v) is 12.4. The van der Waals surface area contributed by atoms with Gasteiger partial charge in [0.2, 0.25) is 0 Å². The van der Waals surface area contributed by atoms with Gasteiger partial charge >= 0.3 is 0 Å². The molecule has 1 rings (SSSR count). The van der Waals surface area contributed by atoms with Crippen LogP contribution in [0.5, 0.6) is 0 Å². The standard InChI is InChI=1S/C17H27NO/c1-5-12-18-16(7-3)17(19)15-10-8-14(9-11-15)13(4)6-2/h5,8-11,13,16-19H,1,6-7,12H2,2-4H3. The molecule has 2 nitrogen and oxygen atoms in total. The Kier molecular flexibility index (Phi) is 6.82. The zero-order chi connectivity index (χ0) is 14.3. The molecule has 3 unspecified atom stereocenters. The van der Waals surface area contributed by atoms with Gasteiger partial charge in [0, 0.05) is 12.6 Å². The fourth-order valence-electron chi connectivity index (χ4n) is 2.20. The van der Waals surface area contributed by atoms with Crippen molar-refractivity contribution in [2.24, 2.45) is 0 Å². The first-order chi connectivity index (χ1) is 9.13. The first-order valence-corrected chi connectivity index (χ1v) is 7.26. The highest BCUT2D eigenvalue weighted by Gasteiger charge is 2.18. The number of hydrogen-bond donors (Lipinski definition) is 2. The van der Waals surface area contributed by atoms with E-state index in [1.165, 1.54) is 5.56 Å². The van der Waals surface area contributed by atoms with Gasteiger partial charge in [0.15, 0.2) is 0 Å². The second-order valence-corrected chi connectivity index (χ2v) is 5.13. The van der Waals surface area contributed by atoms with E-state index in [0.717, 1.165) is 24.9 Å². The molecule has 0 aromatic heterocycles. The molecule has 0 heterocycles. The summed E-state index contributed by atoms with van der Waals surface area (Å²) in [7, 11) is 0. The van der Waals surface area contributed by atoms with Crippen LogP contribution in [0.4, 0.5) is 0 Å². The van der Waals surface area contributed by atoms with Crippen molar-refractivity contribution in [3.63, 3.8) is 0 Å². The molecule has 2 heteroatoms. The van der Waals surface area contributed by atoms with Crippen molar-refractivity contribution < 1.29 is 5.11 Å². The molecule has 0 radical (unpaired) electrons. The van der Waals surface area contributed by atoms with Gasteiger partial charge < -0.3 is 10.4 Å². The molecule has 0 amide bonds. The van der Waals surface area contributed by atoms with Gasteiger partial charge in [0.25, 0.3) is 0 Å². The van der Waals surface area contributed by atoms with E-state index in [0.29, 0.717) is 5.92 Å². The molecule has 0 spiro atoms. The lowest BCUT2D eigenvalue weighted by Crippen LogP contribution is -2.34. The number of aliphatic hydroxyl groups excluding tert-OH is 1. The van der Waals surface area contributed by atoms with E-state index in [1.54, 1.807) is 0 Å². The first kappa shape index (κ1) is 15.9. The van der Waals surface area contributed by atoms with E-state index in [9.17, 15) is 5.11 Å². The van der Waals surface area contributed by atoms with Gasteiger partial charge in [-0.15, -0.1) is 6.58 Å². The van der Waals surface area contributed by atoms with Crippen molar-refractivity contribution in [3.8, 4) is 0 Å². The molecule has 2 N–H and O–H groups in total. The SMILES string of the molecule is C=CCNC(CC)C(O)c1ccc(C(C)CC)cc1. The van der Waals surface area contributed by atoms with Crippen LogP contribution in [0.15, 0.2) is 36.9 Å². The summed E-state index contributed by atoms with van der Waals surface area (Å²) in [6, 6.07) is 8.43. The fraction of sp³-hybridized carbons (Fsp3) is 0.529. The summed E-state index contributed by atoms with van der Waals surface area (Å²) in [4.78, 5) is 0. The van der Waals surface area contributed by atoms with Gasteiger partial charge in [-0.25, -0.2) is 0 Å². The molecule has 0 aliphatic carbocycles. The van der Waals surface area contributed by atoms with Crippen molar-refractivity contribution in [2.45, 2.75) is 51.7 Å². The Bertz CT molecular complexity index is 371. The maximum absolute atomic E-state index is 10.4. The summed E-state index contributed by atoms with van der Waals surface area (Å²) < 4.78 is 0. The lowest BCUT2D eigenvalue weighted by atomic mass is 9.94. The van der Waals surface area contributed by atoms with Crippen molar-refractivity contribution in [2.75, 3.05) is 6.54 Å². The number of nitrogens with one attached hydrogen (secondary N) is 1. The van der Waals surface area contributed by atoms with Crippen LogP contribution in [0.25, 0.3) is 0 Å². The van der Waals surface area contributed by atoms with E-state index in [2.05, 4.69) is 44.8 Å². The highest BCUT2D eigenvalue weighted by Crippen LogP contribution is 2.23. The third kappa shape index (κ3) is 4.48. The van der Waals surface area contributed by atoms with Crippen LogP contribution in [-0.4, -0.2) is 17.7 Å². The smallest absolute Gasteiger partial charge is 0.0942 e. The topological polar surface area (TPSA) is 32.3 Å². The monoisotopic (exact) mass is 261 g/mol. The van der Waals surface area contributed by atoms with Gasteiger partial charge in [-0.1, -0.05) is 51.1 Å².